The number of imidazole rings is 1. The molecule has 0 saturated carbocycles. The van der Waals surface area contributed by atoms with Crippen LogP contribution in [-0.2, 0) is 11.2 Å². The molecule has 0 unspecified atom stereocenters. The van der Waals surface area contributed by atoms with Crippen molar-refractivity contribution in [2.75, 3.05) is 11.6 Å². The summed E-state index contributed by atoms with van der Waals surface area (Å²) in [5, 5.41) is 19.2. The molecule has 168 valence electrons. The van der Waals surface area contributed by atoms with Gasteiger partial charge in [0.05, 0.1) is 23.8 Å². The van der Waals surface area contributed by atoms with E-state index in [0.29, 0.717) is 22.5 Å². The predicted octanol–water partition coefficient (Wildman–Crippen LogP) is 5.17. The minimum absolute atomic E-state index is 0.143. The Morgan fingerprint density at radius 1 is 1.13 bits per heavy atom. The highest BCUT2D eigenvalue weighted by molar-refractivity contribution is 6.29. The summed E-state index contributed by atoms with van der Waals surface area (Å²) in [6.45, 7) is 5.52. The topological polar surface area (TPSA) is 123 Å². The zero-order chi connectivity index (χ0) is 23.6. The summed E-state index contributed by atoms with van der Waals surface area (Å²) in [7, 11) is 0. The number of nitrogens with zero attached hydrogens (tertiary/aromatic N) is 6. The number of aryl methyl sites for hydroxylation is 1. The maximum atomic E-state index is 10.3. The Morgan fingerprint density at radius 2 is 1.77 bits per heavy atom. The summed E-state index contributed by atoms with van der Waals surface area (Å²) in [4.78, 5) is 14.7. The summed E-state index contributed by atoms with van der Waals surface area (Å²) in [6, 6.07) is 8.55. The van der Waals surface area contributed by atoms with Crippen LogP contribution in [0.25, 0.3) is 5.65 Å². The van der Waals surface area contributed by atoms with E-state index in [4.69, 9.17) is 45.8 Å². The van der Waals surface area contributed by atoms with Crippen LogP contribution in [-0.4, -0.2) is 36.5 Å². The lowest BCUT2D eigenvalue weighted by molar-refractivity contribution is -0.116. The fraction of sp³-hybridized carbons (Fsp3) is 0.400. The van der Waals surface area contributed by atoms with Crippen molar-refractivity contribution in [2.24, 2.45) is 0 Å². The SMILES string of the molecule is CC#N.CCCC(=O)CCl.CCCc1cn2nc(Cl)ccc2n1.Nc1ccc(Cl)nn1. The van der Waals surface area contributed by atoms with Crippen molar-refractivity contribution in [1.29, 1.82) is 5.26 Å². The van der Waals surface area contributed by atoms with Gasteiger partial charge in [0, 0.05) is 13.3 Å². The van der Waals surface area contributed by atoms with E-state index >= 15 is 0 Å². The van der Waals surface area contributed by atoms with E-state index in [2.05, 4.69) is 27.2 Å². The molecular weight excluding hydrogens is 461 g/mol. The van der Waals surface area contributed by atoms with Crippen molar-refractivity contribution >= 4 is 52.1 Å². The Bertz CT molecular complexity index is 919. The van der Waals surface area contributed by atoms with Crippen LogP contribution in [0.1, 0.15) is 45.7 Å². The molecular formula is C20H26Cl3N7O. The summed E-state index contributed by atoms with van der Waals surface area (Å²) >= 11 is 16.3. The van der Waals surface area contributed by atoms with Gasteiger partial charge in [-0.05, 0) is 37.1 Å². The van der Waals surface area contributed by atoms with Gasteiger partial charge < -0.3 is 5.73 Å². The monoisotopic (exact) mass is 485 g/mol. The summed E-state index contributed by atoms with van der Waals surface area (Å²) in [6.07, 6.45) is 5.54. The van der Waals surface area contributed by atoms with E-state index in [-0.39, 0.29) is 11.7 Å². The average molecular weight is 487 g/mol. The molecule has 3 aromatic rings. The van der Waals surface area contributed by atoms with Crippen molar-refractivity contribution in [3.8, 4) is 6.07 Å². The molecule has 11 heteroatoms. The Hall–Kier alpha value is -2.47. The molecule has 2 N–H and O–H groups in total. The second-order valence-electron chi connectivity index (χ2n) is 5.87. The summed E-state index contributed by atoms with van der Waals surface area (Å²) in [5.74, 6) is 0.701. The van der Waals surface area contributed by atoms with Gasteiger partial charge in [0.1, 0.15) is 16.8 Å². The molecule has 0 amide bonds. The number of nitrogens with two attached hydrogens (primary N) is 1. The largest absolute Gasteiger partial charge is 0.382 e. The van der Waals surface area contributed by atoms with Gasteiger partial charge >= 0.3 is 0 Å². The number of nitriles is 1. The number of carbonyl (C=O) groups is 1. The normalized spacial score (nSPS) is 9.19. The van der Waals surface area contributed by atoms with E-state index in [0.717, 1.165) is 30.6 Å². The third kappa shape index (κ3) is 13.4. The summed E-state index contributed by atoms with van der Waals surface area (Å²) < 4.78 is 1.72. The molecule has 0 aliphatic heterocycles. The van der Waals surface area contributed by atoms with Crippen LogP contribution >= 0.6 is 34.8 Å². The quantitative estimate of drug-likeness (QED) is 0.493. The molecule has 0 saturated heterocycles. The fourth-order valence-corrected chi connectivity index (χ4v) is 2.34. The number of halogens is 3. The smallest absolute Gasteiger partial charge is 0.153 e. The molecule has 0 aliphatic rings. The Balaban J connectivity index is 0.000000434. The Labute approximate surface area is 197 Å². The van der Waals surface area contributed by atoms with Crippen LogP contribution in [0, 0.1) is 11.3 Å². The van der Waals surface area contributed by atoms with Crippen molar-refractivity contribution in [2.45, 2.75) is 46.5 Å². The van der Waals surface area contributed by atoms with E-state index in [1.165, 1.54) is 6.92 Å². The lowest BCUT2D eigenvalue weighted by Gasteiger charge is -1.90. The highest BCUT2D eigenvalue weighted by Gasteiger charge is 2.01. The maximum absolute atomic E-state index is 10.3. The number of carbonyl (C=O) groups excluding carboxylic acids is 1. The van der Waals surface area contributed by atoms with Gasteiger partial charge in [-0.2, -0.15) is 10.4 Å². The van der Waals surface area contributed by atoms with E-state index < -0.39 is 0 Å². The molecule has 3 rings (SSSR count). The van der Waals surface area contributed by atoms with Gasteiger partial charge in [-0.25, -0.2) is 9.50 Å². The Kier molecular flexibility index (Phi) is 15.9. The Morgan fingerprint density at radius 3 is 2.23 bits per heavy atom. The van der Waals surface area contributed by atoms with Crippen molar-refractivity contribution in [3.63, 3.8) is 0 Å². The fourth-order valence-electron chi connectivity index (χ4n) is 1.96. The number of anilines is 1. The molecule has 0 spiro atoms. The minimum atomic E-state index is 0.143. The first-order valence-electron chi connectivity index (χ1n) is 9.45. The molecule has 31 heavy (non-hydrogen) atoms. The van der Waals surface area contributed by atoms with Gasteiger partial charge in [0.15, 0.2) is 10.8 Å². The molecule has 0 fully saturated rings. The number of ketones is 1. The van der Waals surface area contributed by atoms with Crippen molar-refractivity contribution in [3.05, 3.63) is 46.5 Å². The molecule has 3 aromatic heterocycles. The number of alkyl halides is 1. The first-order valence-corrected chi connectivity index (χ1v) is 10.7. The van der Waals surface area contributed by atoms with Gasteiger partial charge in [-0.1, -0.05) is 43.5 Å². The zero-order valence-electron chi connectivity index (χ0n) is 17.7. The van der Waals surface area contributed by atoms with Crippen LogP contribution in [0.15, 0.2) is 30.5 Å². The third-order valence-electron chi connectivity index (χ3n) is 3.17. The number of nitrogen functional groups attached to an aromatic ring is 1. The van der Waals surface area contributed by atoms with Crippen molar-refractivity contribution in [1.82, 2.24) is 24.8 Å². The molecule has 0 atom stereocenters. The maximum Gasteiger partial charge on any atom is 0.153 e. The molecule has 3 heterocycles. The second kappa shape index (κ2) is 17.2. The van der Waals surface area contributed by atoms with Crippen LogP contribution < -0.4 is 5.73 Å². The van der Waals surface area contributed by atoms with Gasteiger partial charge in [0.2, 0.25) is 0 Å². The number of rotatable bonds is 5. The van der Waals surface area contributed by atoms with Crippen LogP contribution in [0.5, 0.6) is 0 Å². The van der Waals surface area contributed by atoms with Gasteiger partial charge in [0.25, 0.3) is 0 Å². The number of hydrogen-bond donors (Lipinski definition) is 1. The number of Topliss-reactive ketones (excluding diaryl/α,β-unsaturated/α-hetero) is 1. The highest BCUT2D eigenvalue weighted by Crippen LogP contribution is 2.09. The molecule has 8 nitrogen and oxygen atoms in total. The predicted molar refractivity (Wildman–Crippen MR) is 125 cm³/mol. The molecule has 0 radical (unpaired) electrons. The number of hydrogen-bond acceptors (Lipinski definition) is 7. The van der Waals surface area contributed by atoms with Crippen LogP contribution in [0.2, 0.25) is 10.3 Å². The first-order chi connectivity index (χ1) is 14.8. The zero-order valence-corrected chi connectivity index (χ0v) is 20.0. The molecule has 0 bridgehead atoms. The number of fused-ring (bicyclic) bond motifs is 1. The van der Waals surface area contributed by atoms with Gasteiger partial charge in [-0.3, -0.25) is 4.79 Å². The average Bonchev–Trinajstić information content (AvgIpc) is 3.14. The highest BCUT2D eigenvalue weighted by atomic mass is 35.5. The van der Waals surface area contributed by atoms with E-state index in [1.54, 1.807) is 28.8 Å². The van der Waals surface area contributed by atoms with Crippen LogP contribution in [0.4, 0.5) is 5.82 Å². The van der Waals surface area contributed by atoms with Gasteiger partial charge in [-0.15, -0.1) is 21.8 Å². The number of aromatic nitrogens is 5. The second-order valence-corrected chi connectivity index (χ2v) is 6.91. The minimum Gasteiger partial charge on any atom is -0.382 e. The van der Waals surface area contributed by atoms with Crippen molar-refractivity contribution < 1.29 is 4.79 Å². The third-order valence-corrected chi connectivity index (χ3v) is 3.88. The standard InChI is InChI=1S/C9H10ClN3.C5H9ClO.C4H4ClN3.C2H3N/c1-2-3-7-6-13-9(11-7)5-4-8(10)12-13;1-2-3-5(7)4-6;5-3-1-2-4(6)8-7-3;1-2-3/h4-6H,2-3H2,1H3;2-4H2,1H3;1-2H,(H2,6,8);1H3. The van der Waals surface area contributed by atoms with E-state index in [1.807, 2.05) is 19.2 Å². The van der Waals surface area contributed by atoms with E-state index in [9.17, 15) is 4.79 Å². The first kappa shape index (κ1) is 28.5. The molecule has 0 aliphatic carbocycles. The lowest BCUT2D eigenvalue weighted by Crippen LogP contribution is -1.96. The molecule has 0 aromatic carbocycles. The summed E-state index contributed by atoms with van der Waals surface area (Å²) in [5.41, 5.74) is 7.12. The lowest BCUT2D eigenvalue weighted by atomic mass is 10.3. The van der Waals surface area contributed by atoms with Crippen LogP contribution in [0.3, 0.4) is 0 Å².